The fourth-order valence-electron chi connectivity index (χ4n) is 4.99. The van der Waals surface area contributed by atoms with Gasteiger partial charge in [0.1, 0.15) is 0 Å². The van der Waals surface area contributed by atoms with Crippen molar-refractivity contribution in [2.24, 2.45) is 7.05 Å². The summed E-state index contributed by atoms with van der Waals surface area (Å²) in [6.07, 6.45) is 5.47. The molecule has 0 bridgehead atoms. The van der Waals surface area contributed by atoms with Crippen LogP contribution < -0.4 is 10.9 Å². The summed E-state index contributed by atoms with van der Waals surface area (Å²) in [5.74, 6) is -0.996. The Labute approximate surface area is 222 Å². The molecule has 0 saturated heterocycles. The zero-order valence-electron chi connectivity index (χ0n) is 21.2. The average molecular weight is 517 g/mol. The predicted molar refractivity (Wildman–Crippen MR) is 151 cm³/mol. The van der Waals surface area contributed by atoms with Crippen molar-refractivity contribution >= 4 is 33.3 Å². The maximum Gasteiger partial charge on any atom is 0.337 e. The topological polar surface area (TPSA) is 126 Å². The van der Waals surface area contributed by atoms with Crippen LogP contribution in [0.3, 0.4) is 0 Å². The summed E-state index contributed by atoms with van der Waals surface area (Å²) in [6.45, 7) is 1.98. The van der Waals surface area contributed by atoms with E-state index in [4.69, 9.17) is 0 Å². The number of para-hydroxylation sites is 1. The van der Waals surface area contributed by atoms with Gasteiger partial charge in [-0.05, 0) is 47.5 Å². The molecule has 3 heterocycles. The molecule has 0 aliphatic heterocycles. The molecular formula is C30H24N6O3. The number of nitrogens with zero attached hydrogens (tertiary/aromatic N) is 4. The number of pyridine rings is 1. The van der Waals surface area contributed by atoms with Crippen LogP contribution in [0.5, 0.6) is 0 Å². The molecule has 1 unspecified atom stereocenters. The number of aromatic amines is 1. The van der Waals surface area contributed by atoms with Gasteiger partial charge >= 0.3 is 5.97 Å². The Kier molecular flexibility index (Phi) is 5.88. The van der Waals surface area contributed by atoms with Gasteiger partial charge in [0.15, 0.2) is 0 Å². The van der Waals surface area contributed by atoms with Crippen LogP contribution in [0.15, 0.2) is 90.1 Å². The van der Waals surface area contributed by atoms with Crippen LogP contribution in [0, 0.1) is 0 Å². The van der Waals surface area contributed by atoms with E-state index in [-0.39, 0.29) is 17.2 Å². The molecule has 0 spiro atoms. The van der Waals surface area contributed by atoms with Crippen molar-refractivity contribution in [2.45, 2.75) is 13.0 Å². The van der Waals surface area contributed by atoms with Gasteiger partial charge in [-0.15, -0.1) is 0 Å². The molecule has 0 saturated carbocycles. The number of carbonyl (C=O) groups is 1. The van der Waals surface area contributed by atoms with E-state index in [0.717, 1.165) is 44.1 Å². The summed E-state index contributed by atoms with van der Waals surface area (Å²) in [5, 5.41) is 26.7. The highest BCUT2D eigenvalue weighted by Crippen LogP contribution is 2.37. The highest BCUT2D eigenvalue weighted by molar-refractivity contribution is 6.13. The summed E-state index contributed by atoms with van der Waals surface area (Å²) in [6, 6.07) is 20.0. The molecule has 39 heavy (non-hydrogen) atoms. The van der Waals surface area contributed by atoms with Gasteiger partial charge in [0, 0.05) is 59.3 Å². The van der Waals surface area contributed by atoms with Crippen LogP contribution in [0.1, 0.15) is 28.9 Å². The summed E-state index contributed by atoms with van der Waals surface area (Å²) in [5.41, 5.74) is 5.44. The number of rotatable bonds is 6. The van der Waals surface area contributed by atoms with Gasteiger partial charge in [-0.2, -0.15) is 10.2 Å². The zero-order valence-corrected chi connectivity index (χ0v) is 21.2. The van der Waals surface area contributed by atoms with Gasteiger partial charge in [-0.1, -0.05) is 36.4 Å². The second kappa shape index (κ2) is 9.53. The first-order valence-corrected chi connectivity index (χ1v) is 12.4. The molecule has 0 amide bonds. The number of aromatic nitrogens is 5. The van der Waals surface area contributed by atoms with E-state index in [1.807, 2.05) is 50.5 Å². The van der Waals surface area contributed by atoms with Crippen molar-refractivity contribution in [1.82, 2.24) is 25.0 Å². The first-order valence-electron chi connectivity index (χ1n) is 12.4. The normalized spacial score (nSPS) is 12.1. The van der Waals surface area contributed by atoms with Crippen molar-refractivity contribution in [2.75, 3.05) is 5.32 Å². The molecule has 3 aromatic heterocycles. The second-order valence-electron chi connectivity index (χ2n) is 9.41. The third-order valence-electron chi connectivity index (χ3n) is 6.85. The molecule has 9 nitrogen and oxygen atoms in total. The van der Waals surface area contributed by atoms with Crippen LogP contribution in [0.2, 0.25) is 0 Å². The molecular weight excluding hydrogens is 492 g/mol. The fourth-order valence-corrected chi connectivity index (χ4v) is 4.99. The number of aryl methyl sites for hydroxylation is 1. The monoisotopic (exact) mass is 516 g/mol. The first kappa shape index (κ1) is 24.1. The van der Waals surface area contributed by atoms with Gasteiger partial charge in [-0.25, -0.2) is 9.89 Å². The number of hydrogen-bond donors (Lipinski definition) is 3. The minimum absolute atomic E-state index is 0.200. The van der Waals surface area contributed by atoms with Gasteiger partial charge in [0.2, 0.25) is 0 Å². The molecule has 6 rings (SSSR count). The molecule has 1 atom stereocenters. The average Bonchev–Trinajstić information content (AvgIpc) is 3.38. The van der Waals surface area contributed by atoms with E-state index in [2.05, 4.69) is 31.7 Å². The van der Waals surface area contributed by atoms with Crippen molar-refractivity contribution in [3.8, 4) is 22.4 Å². The molecule has 3 aromatic carbocycles. The van der Waals surface area contributed by atoms with Crippen molar-refractivity contribution in [1.29, 1.82) is 0 Å². The Morgan fingerprint density at radius 1 is 0.974 bits per heavy atom. The molecule has 6 aromatic rings. The Morgan fingerprint density at radius 3 is 2.56 bits per heavy atom. The number of benzene rings is 3. The number of nitrogens with one attached hydrogen (secondary N) is 2. The summed E-state index contributed by atoms with van der Waals surface area (Å²) in [7, 11) is 1.86. The number of fused-ring (bicyclic) bond motifs is 3. The molecule has 0 fully saturated rings. The highest BCUT2D eigenvalue weighted by atomic mass is 16.4. The van der Waals surface area contributed by atoms with Gasteiger partial charge in [0.05, 0.1) is 23.0 Å². The second-order valence-corrected chi connectivity index (χ2v) is 9.41. The van der Waals surface area contributed by atoms with Crippen molar-refractivity contribution < 1.29 is 9.90 Å². The minimum atomic E-state index is -0.996. The maximum atomic E-state index is 12.3. The molecule has 9 heteroatoms. The lowest BCUT2D eigenvalue weighted by atomic mass is 9.92. The highest BCUT2D eigenvalue weighted by Gasteiger charge is 2.18. The van der Waals surface area contributed by atoms with E-state index >= 15 is 0 Å². The lowest BCUT2D eigenvalue weighted by molar-refractivity contribution is 0.0698. The van der Waals surface area contributed by atoms with E-state index in [0.29, 0.717) is 11.2 Å². The minimum Gasteiger partial charge on any atom is -0.478 e. The van der Waals surface area contributed by atoms with Gasteiger partial charge in [-0.3, -0.25) is 14.5 Å². The maximum absolute atomic E-state index is 12.3. The van der Waals surface area contributed by atoms with Crippen LogP contribution in [-0.4, -0.2) is 36.0 Å². The van der Waals surface area contributed by atoms with Crippen LogP contribution in [0.25, 0.3) is 44.1 Å². The van der Waals surface area contributed by atoms with Gasteiger partial charge < -0.3 is 10.4 Å². The Morgan fingerprint density at radius 2 is 1.82 bits per heavy atom. The third-order valence-corrected chi connectivity index (χ3v) is 6.85. The fraction of sp³-hybridized carbons (Fsp3) is 0.100. The molecule has 0 aliphatic rings. The summed E-state index contributed by atoms with van der Waals surface area (Å²) < 4.78 is 1.73. The summed E-state index contributed by atoms with van der Waals surface area (Å²) >= 11 is 0. The number of H-pyrrole nitrogens is 1. The van der Waals surface area contributed by atoms with Gasteiger partial charge in [0.25, 0.3) is 5.56 Å². The summed E-state index contributed by atoms with van der Waals surface area (Å²) in [4.78, 5) is 28.8. The lowest BCUT2D eigenvalue weighted by Crippen LogP contribution is -2.11. The number of hydrogen-bond acceptors (Lipinski definition) is 6. The largest absolute Gasteiger partial charge is 0.478 e. The smallest absolute Gasteiger partial charge is 0.337 e. The van der Waals surface area contributed by atoms with Crippen LogP contribution in [-0.2, 0) is 7.05 Å². The number of carboxylic acid groups (broad SMARTS) is 1. The molecule has 0 radical (unpaired) electrons. The quantitative estimate of drug-likeness (QED) is 0.253. The first-order chi connectivity index (χ1) is 18.9. The van der Waals surface area contributed by atoms with Crippen LogP contribution >= 0.6 is 0 Å². The van der Waals surface area contributed by atoms with E-state index in [9.17, 15) is 14.7 Å². The Bertz CT molecular complexity index is 1920. The van der Waals surface area contributed by atoms with E-state index < -0.39 is 5.97 Å². The SMILES string of the molecule is CC(Nc1ccccc1C(=O)O)c1cccc2c1cc(-c1ccc(-c3cnn(C)c3)nc1)c1n[nH]c(=O)cc12. The van der Waals surface area contributed by atoms with Crippen molar-refractivity contribution in [3.05, 3.63) is 107 Å². The zero-order chi connectivity index (χ0) is 27.1. The van der Waals surface area contributed by atoms with E-state index in [1.54, 1.807) is 47.4 Å². The molecule has 192 valence electrons. The number of carboxylic acids is 1. The number of aromatic carboxylic acids is 1. The van der Waals surface area contributed by atoms with Crippen LogP contribution in [0.4, 0.5) is 5.69 Å². The third kappa shape index (κ3) is 4.40. The standard InChI is InChI=1S/C30H24N6O3/c1-17(33-27-9-4-3-6-22(27)30(38)39)20-7-5-8-21-24(20)12-23(29-25(21)13-28(37)34-35-29)18-10-11-26(31-14-18)19-15-32-36(2)16-19/h3-17,33H,1-2H3,(H,34,37)(H,38,39). The Hall–Kier alpha value is -5.31. The predicted octanol–water partition coefficient (Wildman–Crippen LogP) is 5.41. The molecule has 3 N–H and O–H groups in total. The number of anilines is 1. The Balaban J connectivity index is 1.51. The van der Waals surface area contributed by atoms with Crippen molar-refractivity contribution in [3.63, 3.8) is 0 Å². The lowest BCUT2D eigenvalue weighted by Gasteiger charge is -2.20. The molecule has 0 aliphatic carbocycles. The van der Waals surface area contributed by atoms with E-state index in [1.165, 1.54) is 0 Å².